The van der Waals surface area contributed by atoms with Crippen LogP contribution < -0.4 is 30.2 Å². The van der Waals surface area contributed by atoms with E-state index in [1.54, 1.807) is 44.2 Å². The Bertz CT molecular complexity index is 1680. The molecule has 3 atom stereocenters. The van der Waals surface area contributed by atoms with Crippen LogP contribution in [0.15, 0.2) is 30.6 Å². The Morgan fingerprint density at radius 2 is 1.92 bits per heavy atom. The highest BCUT2D eigenvalue weighted by atomic mass is 35.5. The molecule has 49 heavy (non-hydrogen) atoms. The summed E-state index contributed by atoms with van der Waals surface area (Å²) < 4.78 is 22.4. The van der Waals surface area contributed by atoms with Crippen LogP contribution in [0.2, 0.25) is 5.02 Å². The number of fused-ring (bicyclic) bond motifs is 2. The van der Waals surface area contributed by atoms with Crippen LogP contribution >= 0.6 is 24.0 Å². The number of methoxy groups -OCH3 is 1. The van der Waals surface area contributed by atoms with E-state index in [2.05, 4.69) is 25.9 Å². The Balaban J connectivity index is 0.00000541. The summed E-state index contributed by atoms with van der Waals surface area (Å²) in [5, 5.41) is 10.1. The molecule has 1 aromatic heterocycles. The number of Topliss-reactive ketones (excluding diaryl/α,β-unsaturated/α-hetero) is 1. The summed E-state index contributed by atoms with van der Waals surface area (Å²) in [5.74, 6) is 1.25. The summed E-state index contributed by atoms with van der Waals surface area (Å²) in [6.45, 7) is 8.52. The number of ether oxygens (including phenoxy) is 4. The van der Waals surface area contributed by atoms with Crippen LogP contribution in [0.3, 0.4) is 0 Å². The maximum atomic E-state index is 14.1. The Kier molecular flexibility index (Phi) is 12.5. The average molecular weight is 720 g/mol. The van der Waals surface area contributed by atoms with E-state index in [1.165, 1.54) is 6.33 Å². The fourth-order valence-corrected chi connectivity index (χ4v) is 6.00. The molecule has 0 radical (unpaired) electrons. The number of anilines is 2. The van der Waals surface area contributed by atoms with Gasteiger partial charge < -0.3 is 39.8 Å². The van der Waals surface area contributed by atoms with Crippen molar-refractivity contribution in [2.75, 3.05) is 46.0 Å². The molecule has 0 aliphatic carbocycles. The standard InChI is InChI=1S/C34H43ClN6O7.ClH/c1-19(36-5)32(43)40-30(34(2,3)4)33(44)41-11-7-8-24(41)25(42)15-20-14-21-23(16-27(20)46-13-12-45-6)37-17-38-31(21)39-28-22(35)9-10-26-29(28)48-18-47-26;/h9-10,14,16-17,19,24,30,36H,7-8,11-13,15,18H2,1-6H3,(H,40,43)(H,37,38,39);1H/t19-,24-,30+;/m0./s1. The summed E-state index contributed by atoms with van der Waals surface area (Å²) in [7, 11) is 3.27. The van der Waals surface area contributed by atoms with E-state index in [1.807, 2.05) is 26.8 Å². The molecular formula is C34H44Cl2N6O7. The molecule has 2 aromatic carbocycles. The molecular weight excluding hydrogens is 675 g/mol. The Morgan fingerprint density at radius 3 is 2.63 bits per heavy atom. The molecule has 2 amide bonds. The highest BCUT2D eigenvalue weighted by molar-refractivity contribution is 6.34. The zero-order valence-corrected chi connectivity index (χ0v) is 30.1. The van der Waals surface area contributed by atoms with Gasteiger partial charge in [-0.05, 0) is 50.4 Å². The SMILES string of the molecule is CN[C@@H](C)C(=O)N[C@H](C(=O)N1CCC[C@H]1C(=O)Cc1cc2c(Nc3c(Cl)ccc4c3OCO4)ncnc2cc1OCCOC)C(C)(C)C.Cl. The summed E-state index contributed by atoms with van der Waals surface area (Å²) >= 11 is 6.54. The fourth-order valence-electron chi connectivity index (χ4n) is 5.80. The first-order valence-electron chi connectivity index (χ1n) is 16.0. The second-order valence-corrected chi connectivity index (χ2v) is 13.4. The minimum Gasteiger partial charge on any atom is -0.491 e. The van der Waals surface area contributed by atoms with Gasteiger partial charge in [-0.1, -0.05) is 32.4 Å². The van der Waals surface area contributed by atoms with Crippen molar-refractivity contribution >= 4 is 64.0 Å². The summed E-state index contributed by atoms with van der Waals surface area (Å²) in [4.78, 5) is 51.4. The van der Waals surface area contributed by atoms with Crippen molar-refractivity contribution in [3.63, 3.8) is 0 Å². The lowest BCUT2D eigenvalue weighted by Crippen LogP contribution is -2.58. The summed E-state index contributed by atoms with van der Waals surface area (Å²) in [5.41, 5.74) is 1.09. The minimum absolute atomic E-state index is 0. The van der Waals surface area contributed by atoms with E-state index in [9.17, 15) is 14.4 Å². The van der Waals surface area contributed by atoms with Crippen LogP contribution in [-0.4, -0.2) is 91.3 Å². The van der Waals surface area contributed by atoms with Gasteiger partial charge in [-0.2, -0.15) is 0 Å². The number of hydrogen-bond donors (Lipinski definition) is 3. The molecule has 2 aliphatic rings. The number of benzene rings is 2. The number of nitrogens with zero attached hydrogens (tertiary/aromatic N) is 3. The number of carbonyl (C=O) groups is 3. The van der Waals surface area contributed by atoms with Gasteiger partial charge in [-0.15, -0.1) is 12.4 Å². The molecule has 2 aliphatic heterocycles. The van der Waals surface area contributed by atoms with Crippen LogP contribution in [0.1, 0.15) is 46.1 Å². The van der Waals surface area contributed by atoms with E-state index < -0.39 is 23.5 Å². The van der Waals surface area contributed by atoms with Gasteiger partial charge in [-0.25, -0.2) is 9.97 Å². The zero-order chi connectivity index (χ0) is 34.6. The molecule has 13 nitrogen and oxygen atoms in total. The van der Waals surface area contributed by atoms with Gasteiger partial charge in [0.2, 0.25) is 18.6 Å². The minimum atomic E-state index is -0.811. The Morgan fingerprint density at radius 1 is 1.14 bits per heavy atom. The van der Waals surface area contributed by atoms with Crippen molar-refractivity contribution < 1.29 is 33.3 Å². The first-order valence-corrected chi connectivity index (χ1v) is 16.4. The maximum absolute atomic E-state index is 14.1. The predicted octanol–water partition coefficient (Wildman–Crippen LogP) is 4.44. The summed E-state index contributed by atoms with van der Waals surface area (Å²) in [6.07, 6.45) is 2.60. The second-order valence-electron chi connectivity index (χ2n) is 13.0. The van der Waals surface area contributed by atoms with E-state index in [4.69, 9.17) is 30.5 Å². The number of amides is 2. The average Bonchev–Trinajstić information content (AvgIpc) is 3.75. The normalized spacial score (nSPS) is 16.6. The van der Waals surface area contributed by atoms with Crippen molar-refractivity contribution in [3.05, 3.63) is 41.2 Å². The van der Waals surface area contributed by atoms with E-state index in [0.717, 1.165) is 0 Å². The maximum Gasteiger partial charge on any atom is 0.246 e. The monoisotopic (exact) mass is 718 g/mol. The number of likely N-dealkylation sites (N-methyl/N-ethyl adjacent to an activating group) is 1. The molecule has 1 saturated heterocycles. The van der Waals surface area contributed by atoms with Crippen LogP contribution in [0.5, 0.6) is 17.2 Å². The highest BCUT2D eigenvalue weighted by Crippen LogP contribution is 2.45. The fraction of sp³-hybridized carbons (Fsp3) is 0.500. The Hall–Kier alpha value is -3.91. The molecule has 1 fully saturated rings. The molecule has 0 spiro atoms. The molecule has 3 N–H and O–H groups in total. The van der Waals surface area contributed by atoms with E-state index in [-0.39, 0.29) is 49.8 Å². The molecule has 5 rings (SSSR count). The number of rotatable bonds is 13. The van der Waals surface area contributed by atoms with E-state index >= 15 is 0 Å². The predicted molar refractivity (Wildman–Crippen MR) is 188 cm³/mol. The van der Waals surface area contributed by atoms with Gasteiger partial charge in [0.05, 0.1) is 29.2 Å². The van der Waals surface area contributed by atoms with Crippen LogP contribution in [0.4, 0.5) is 11.5 Å². The number of halogens is 2. The third-order valence-electron chi connectivity index (χ3n) is 8.59. The number of hydrogen-bond acceptors (Lipinski definition) is 11. The van der Waals surface area contributed by atoms with Crippen molar-refractivity contribution in [3.8, 4) is 17.2 Å². The molecule has 266 valence electrons. The number of aromatic nitrogens is 2. The van der Waals surface area contributed by atoms with Gasteiger partial charge in [0.25, 0.3) is 0 Å². The molecule has 3 aromatic rings. The molecule has 0 saturated carbocycles. The highest BCUT2D eigenvalue weighted by Gasteiger charge is 2.42. The number of carbonyl (C=O) groups excluding carboxylic acids is 3. The number of likely N-dealkylation sites (tertiary alicyclic amines) is 1. The number of ketones is 1. The topological polar surface area (TPSA) is 153 Å². The summed E-state index contributed by atoms with van der Waals surface area (Å²) in [6, 6.07) is 5.08. The quantitative estimate of drug-likeness (QED) is 0.215. The van der Waals surface area contributed by atoms with Crippen LogP contribution in [-0.2, 0) is 25.5 Å². The third-order valence-corrected chi connectivity index (χ3v) is 8.91. The molecule has 15 heteroatoms. The number of nitrogens with one attached hydrogen (secondary N) is 3. The van der Waals surface area contributed by atoms with Crippen LogP contribution in [0, 0.1) is 5.41 Å². The molecule has 0 unspecified atom stereocenters. The van der Waals surface area contributed by atoms with Gasteiger partial charge in [0.15, 0.2) is 17.3 Å². The Labute approximate surface area is 297 Å². The van der Waals surface area contributed by atoms with Crippen molar-refractivity contribution in [2.24, 2.45) is 5.41 Å². The van der Waals surface area contributed by atoms with Crippen LogP contribution in [0.25, 0.3) is 10.9 Å². The smallest absolute Gasteiger partial charge is 0.246 e. The largest absolute Gasteiger partial charge is 0.491 e. The lowest BCUT2D eigenvalue weighted by atomic mass is 9.85. The van der Waals surface area contributed by atoms with Crippen molar-refractivity contribution in [1.29, 1.82) is 0 Å². The van der Waals surface area contributed by atoms with Gasteiger partial charge in [-0.3, -0.25) is 14.4 Å². The lowest BCUT2D eigenvalue weighted by Gasteiger charge is -2.36. The van der Waals surface area contributed by atoms with Crippen molar-refractivity contribution in [2.45, 2.75) is 65.1 Å². The first-order chi connectivity index (χ1) is 22.9. The van der Waals surface area contributed by atoms with Gasteiger partial charge in [0.1, 0.15) is 36.2 Å². The lowest BCUT2D eigenvalue weighted by molar-refractivity contribution is -0.143. The molecule has 3 heterocycles. The van der Waals surface area contributed by atoms with Gasteiger partial charge in [0, 0.05) is 37.1 Å². The second kappa shape index (κ2) is 16.2. The zero-order valence-electron chi connectivity index (χ0n) is 28.6. The third kappa shape index (κ3) is 8.46. The molecule has 0 bridgehead atoms. The van der Waals surface area contributed by atoms with Gasteiger partial charge >= 0.3 is 0 Å². The first kappa shape index (κ1) is 37.9. The van der Waals surface area contributed by atoms with E-state index in [0.29, 0.717) is 76.2 Å². The van der Waals surface area contributed by atoms with Crippen molar-refractivity contribution in [1.82, 2.24) is 25.5 Å².